The molecule has 4 heteroatoms. The molecule has 0 amide bonds. The Morgan fingerprint density at radius 1 is 1.44 bits per heavy atom. The molecule has 1 aliphatic carbocycles. The highest BCUT2D eigenvalue weighted by atomic mass is 32.1. The van der Waals surface area contributed by atoms with Gasteiger partial charge in [0.25, 0.3) is 0 Å². The zero-order valence-electron chi connectivity index (χ0n) is 9.06. The molecule has 0 bridgehead atoms. The number of thiophene rings is 1. The first-order valence-electron chi connectivity index (χ1n) is 5.36. The highest BCUT2D eigenvalue weighted by Crippen LogP contribution is 2.49. The molecular weight excluding hydrogens is 238 g/mol. The lowest BCUT2D eigenvalue weighted by atomic mass is 10.1. The van der Waals surface area contributed by atoms with Crippen molar-refractivity contribution < 1.29 is 5.11 Å². The maximum absolute atomic E-state index is 9.37. The van der Waals surface area contributed by atoms with Gasteiger partial charge in [0.05, 0.1) is 17.2 Å². The summed E-state index contributed by atoms with van der Waals surface area (Å²) in [6.07, 6.45) is 2.17. The van der Waals surface area contributed by atoms with Crippen LogP contribution in [0.5, 0.6) is 0 Å². The lowest BCUT2D eigenvalue weighted by molar-refractivity contribution is 0.255. The summed E-state index contributed by atoms with van der Waals surface area (Å²) >= 11 is 3.42. The van der Waals surface area contributed by atoms with Gasteiger partial charge in [0.15, 0.2) is 0 Å². The third-order valence-electron chi connectivity index (χ3n) is 3.21. The van der Waals surface area contributed by atoms with Crippen LogP contribution in [0.15, 0.2) is 16.8 Å². The van der Waals surface area contributed by atoms with Crippen LogP contribution in [0.1, 0.15) is 23.4 Å². The third-order valence-corrected chi connectivity index (χ3v) is 5.34. The van der Waals surface area contributed by atoms with E-state index in [1.807, 2.05) is 0 Å². The van der Waals surface area contributed by atoms with Crippen LogP contribution in [-0.2, 0) is 5.41 Å². The Kier molecular flexibility index (Phi) is 2.38. The molecule has 0 saturated heterocycles. The summed E-state index contributed by atoms with van der Waals surface area (Å²) in [7, 11) is 0. The van der Waals surface area contributed by atoms with Crippen LogP contribution in [0, 0.1) is 6.92 Å². The molecule has 1 aliphatic rings. The van der Waals surface area contributed by atoms with E-state index in [1.54, 1.807) is 22.7 Å². The summed E-state index contributed by atoms with van der Waals surface area (Å²) in [6.45, 7) is 2.35. The van der Waals surface area contributed by atoms with Crippen LogP contribution in [-0.4, -0.2) is 16.7 Å². The van der Waals surface area contributed by atoms with Crippen molar-refractivity contribution in [1.82, 2.24) is 4.98 Å². The van der Waals surface area contributed by atoms with Gasteiger partial charge < -0.3 is 5.11 Å². The van der Waals surface area contributed by atoms with E-state index in [0.717, 1.165) is 23.5 Å². The molecule has 2 heterocycles. The van der Waals surface area contributed by atoms with Gasteiger partial charge in [-0.05, 0) is 36.8 Å². The van der Waals surface area contributed by atoms with E-state index in [0.29, 0.717) is 0 Å². The number of aromatic nitrogens is 1. The van der Waals surface area contributed by atoms with Crippen molar-refractivity contribution in [3.63, 3.8) is 0 Å². The van der Waals surface area contributed by atoms with Gasteiger partial charge in [-0.2, -0.15) is 0 Å². The fourth-order valence-electron chi connectivity index (χ4n) is 1.85. The Morgan fingerprint density at radius 2 is 2.25 bits per heavy atom. The summed E-state index contributed by atoms with van der Waals surface area (Å²) in [5.41, 5.74) is 2.37. The second-order valence-corrected chi connectivity index (χ2v) is 6.18. The van der Waals surface area contributed by atoms with Crippen LogP contribution >= 0.6 is 22.7 Å². The quantitative estimate of drug-likeness (QED) is 0.908. The number of hydrogen-bond acceptors (Lipinski definition) is 4. The van der Waals surface area contributed by atoms with Crippen molar-refractivity contribution in [3.8, 4) is 10.6 Å². The summed E-state index contributed by atoms with van der Waals surface area (Å²) < 4.78 is 0. The van der Waals surface area contributed by atoms with Crippen molar-refractivity contribution in [2.45, 2.75) is 25.2 Å². The monoisotopic (exact) mass is 251 g/mol. The number of aliphatic hydroxyl groups excluding tert-OH is 1. The fourth-order valence-corrected chi connectivity index (χ4v) is 3.87. The van der Waals surface area contributed by atoms with Gasteiger partial charge in [-0.3, -0.25) is 0 Å². The van der Waals surface area contributed by atoms with Crippen LogP contribution < -0.4 is 0 Å². The zero-order chi connectivity index (χ0) is 11.2. The Balaban J connectivity index is 1.97. The molecule has 0 unspecified atom stereocenters. The van der Waals surface area contributed by atoms with Gasteiger partial charge in [0.2, 0.25) is 0 Å². The number of thiazole rings is 1. The molecule has 0 aromatic carbocycles. The predicted molar refractivity (Wildman–Crippen MR) is 68.2 cm³/mol. The number of aryl methyl sites for hydroxylation is 1. The average Bonchev–Trinajstić information content (AvgIpc) is 2.72. The van der Waals surface area contributed by atoms with Crippen molar-refractivity contribution in [3.05, 3.63) is 27.4 Å². The Hall–Kier alpha value is -0.710. The molecule has 0 spiro atoms. The Morgan fingerprint density at radius 3 is 2.81 bits per heavy atom. The molecule has 2 aromatic heterocycles. The van der Waals surface area contributed by atoms with Gasteiger partial charge in [0.1, 0.15) is 5.01 Å². The molecule has 2 aromatic rings. The largest absolute Gasteiger partial charge is 0.395 e. The molecule has 0 atom stereocenters. The fraction of sp³-hybridized carbons (Fsp3) is 0.417. The first-order valence-corrected chi connectivity index (χ1v) is 7.12. The maximum Gasteiger partial charge on any atom is 0.102 e. The van der Waals surface area contributed by atoms with Crippen molar-refractivity contribution in [1.29, 1.82) is 0 Å². The number of rotatable bonds is 3. The number of nitrogens with zero attached hydrogens (tertiary/aromatic N) is 1. The van der Waals surface area contributed by atoms with Gasteiger partial charge in [-0.15, -0.1) is 22.7 Å². The van der Waals surface area contributed by atoms with E-state index in [4.69, 9.17) is 0 Å². The van der Waals surface area contributed by atoms with E-state index in [9.17, 15) is 5.11 Å². The highest BCUT2D eigenvalue weighted by molar-refractivity contribution is 7.14. The summed E-state index contributed by atoms with van der Waals surface area (Å²) in [4.78, 5) is 5.95. The standard InChI is InChI=1S/C12H13NOS2/c1-8-2-5-15-10(8)9-6-16-11(13-9)12(7-14)3-4-12/h2,5-6,14H,3-4,7H2,1H3. The lowest BCUT2D eigenvalue weighted by Crippen LogP contribution is -2.11. The minimum absolute atomic E-state index is 0.00802. The first-order chi connectivity index (χ1) is 7.75. The third kappa shape index (κ3) is 1.52. The van der Waals surface area contributed by atoms with Crippen molar-refractivity contribution in [2.24, 2.45) is 0 Å². The summed E-state index contributed by atoms with van der Waals surface area (Å²) in [5, 5.41) is 14.7. The minimum Gasteiger partial charge on any atom is -0.395 e. The number of hydrogen-bond donors (Lipinski definition) is 1. The predicted octanol–water partition coefficient (Wildman–Crippen LogP) is 3.20. The molecule has 16 heavy (non-hydrogen) atoms. The molecule has 1 fully saturated rings. The highest BCUT2D eigenvalue weighted by Gasteiger charge is 2.46. The van der Waals surface area contributed by atoms with E-state index < -0.39 is 0 Å². The molecule has 84 valence electrons. The summed E-state index contributed by atoms with van der Waals surface area (Å²) in [5.74, 6) is 0. The van der Waals surface area contributed by atoms with E-state index in [1.165, 1.54) is 10.4 Å². The zero-order valence-corrected chi connectivity index (χ0v) is 10.7. The van der Waals surface area contributed by atoms with Crippen LogP contribution in [0.3, 0.4) is 0 Å². The van der Waals surface area contributed by atoms with E-state index >= 15 is 0 Å². The Bertz CT molecular complexity index is 511. The van der Waals surface area contributed by atoms with Gasteiger partial charge in [-0.1, -0.05) is 0 Å². The summed E-state index contributed by atoms with van der Waals surface area (Å²) in [6, 6.07) is 2.12. The lowest BCUT2D eigenvalue weighted by Gasteiger charge is -2.05. The normalized spacial score (nSPS) is 17.6. The first kappa shape index (κ1) is 10.4. The van der Waals surface area contributed by atoms with Crippen molar-refractivity contribution >= 4 is 22.7 Å². The van der Waals surface area contributed by atoms with E-state index in [-0.39, 0.29) is 12.0 Å². The van der Waals surface area contributed by atoms with Gasteiger partial charge in [0, 0.05) is 10.8 Å². The Labute approximate surface area is 103 Å². The molecular formula is C12H13NOS2. The molecule has 1 N–H and O–H groups in total. The van der Waals surface area contributed by atoms with Crippen LogP contribution in [0.2, 0.25) is 0 Å². The molecule has 0 aliphatic heterocycles. The van der Waals surface area contributed by atoms with Crippen molar-refractivity contribution in [2.75, 3.05) is 6.61 Å². The van der Waals surface area contributed by atoms with E-state index in [2.05, 4.69) is 28.7 Å². The second-order valence-electron chi connectivity index (χ2n) is 4.41. The maximum atomic E-state index is 9.37. The topological polar surface area (TPSA) is 33.1 Å². The average molecular weight is 251 g/mol. The van der Waals surface area contributed by atoms with Gasteiger partial charge in [-0.25, -0.2) is 4.98 Å². The molecule has 2 nitrogen and oxygen atoms in total. The molecule has 0 radical (unpaired) electrons. The molecule has 1 saturated carbocycles. The van der Waals surface area contributed by atoms with Gasteiger partial charge >= 0.3 is 0 Å². The smallest absolute Gasteiger partial charge is 0.102 e. The minimum atomic E-state index is 0.00802. The SMILES string of the molecule is Cc1ccsc1-c1csc(C2(CO)CC2)n1. The number of aliphatic hydroxyl groups is 1. The second kappa shape index (κ2) is 3.65. The van der Waals surface area contributed by atoms with Crippen LogP contribution in [0.4, 0.5) is 0 Å². The molecule has 3 rings (SSSR count). The van der Waals surface area contributed by atoms with Crippen LogP contribution in [0.25, 0.3) is 10.6 Å².